The van der Waals surface area contributed by atoms with Crippen molar-refractivity contribution in [3.63, 3.8) is 0 Å². The van der Waals surface area contributed by atoms with Crippen molar-refractivity contribution in [1.29, 1.82) is 0 Å². The number of hydrogen-bond donors (Lipinski definition) is 1. The molecular formula is C15H14Cl2O2. The summed E-state index contributed by atoms with van der Waals surface area (Å²) in [5.74, 6) is 0.785. The van der Waals surface area contributed by atoms with Gasteiger partial charge in [0.15, 0.2) is 0 Å². The van der Waals surface area contributed by atoms with Crippen molar-refractivity contribution < 1.29 is 9.84 Å². The van der Waals surface area contributed by atoms with Crippen LogP contribution in [0.1, 0.15) is 24.2 Å². The van der Waals surface area contributed by atoms with Gasteiger partial charge in [0.1, 0.15) is 11.9 Å². The molecule has 0 saturated carbocycles. The molecule has 0 aliphatic carbocycles. The van der Waals surface area contributed by atoms with Crippen LogP contribution < -0.4 is 4.74 Å². The van der Waals surface area contributed by atoms with E-state index in [9.17, 15) is 5.11 Å². The van der Waals surface area contributed by atoms with Crippen LogP contribution in [0.15, 0.2) is 42.5 Å². The molecule has 2 aromatic rings. The maximum atomic E-state index is 10.3. The molecule has 0 radical (unpaired) electrons. The van der Waals surface area contributed by atoms with E-state index in [0.717, 1.165) is 11.3 Å². The molecule has 2 nitrogen and oxygen atoms in total. The molecular weight excluding hydrogens is 283 g/mol. The lowest BCUT2D eigenvalue weighted by molar-refractivity contribution is 0.220. The lowest BCUT2D eigenvalue weighted by Gasteiger charge is -2.13. The Balaban J connectivity index is 2.22. The average molecular weight is 297 g/mol. The van der Waals surface area contributed by atoms with Crippen molar-refractivity contribution in [3.8, 4) is 5.75 Å². The first kappa shape index (κ1) is 14.2. The Hall–Kier alpha value is -1.22. The van der Waals surface area contributed by atoms with Crippen LogP contribution in [-0.4, -0.2) is 11.7 Å². The second-order valence-corrected chi connectivity index (χ2v) is 4.89. The minimum absolute atomic E-state index is 0.434. The normalized spacial score (nSPS) is 12.2. The van der Waals surface area contributed by atoms with Crippen molar-refractivity contribution in [2.24, 2.45) is 0 Å². The Bertz CT molecular complexity index is 553. The molecule has 0 aliphatic heterocycles. The zero-order valence-corrected chi connectivity index (χ0v) is 11.9. The van der Waals surface area contributed by atoms with E-state index in [4.69, 9.17) is 27.9 Å². The average Bonchev–Trinajstić information content (AvgIpc) is 2.42. The summed E-state index contributed by atoms with van der Waals surface area (Å²) in [6, 6.07) is 12.4. The van der Waals surface area contributed by atoms with E-state index in [1.807, 2.05) is 31.2 Å². The third-order valence-electron chi connectivity index (χ3n) is 2.77. The van der Waals surface area contributed by atoms with Crippen LogP contribution in [0.2, 0.25) is 10.0 Å². The molecule has 19 heavy (non-hydrogen) atoms. The summed E-state index contributed by atoms with van der Waals surface area (Å²) in [7, 11) is 0. The van der Waals surface area contributed by atoms with Crippen LogP contribution in [0.5, 0.6) is 5.75 Å². The van der Waals surface area contributed by atoms with Crippen molar-refractivity contribution >= 4 is 23.2 Å². The topological polar surface area (TPSA) is 29.5 Å². The molecule has 0 bridgehead atoms. The van der Waals surface area contributed by atoms with Crippen LogP contribution in [0.3, 0.4) is 0 Å². The van der Waals surface area contributed by atoms with E-state index in [-0.39, 0.29) is 0 Å². The number of halogens is 2. The number of rotatable bonds is 4. The largest absolute Gasteiger partial charge is 0.494 e. The summed E-state index contributed by atoms with van der Waals surface area (Å²) < 4.78 is 5.36. The fraction of sp³-hybridized carbons (Fsp3) is 0.200. The van der Waals surface area contributed by atoms with Gasteiger partial charge in [-0.25, -0.2) is 0 Å². The number of hydrogen-bond acceptors (Lipinski definition) is 2. The predicted octanol–water partition coefficient (Wildman–Crippen LogP) is 4.47. The number of benzene rings is 2. The first-order chi connectivity index (χ1) is 9.11. The van der Waals surface area contributed by atoms with Crippen LogP contribution >= 0.6 is 23.2 Å². The molecule has 0 saturated heterocycles. The van der Waals surface area contributed by atoms with Gasteiger partial charge < -0.3 is 9.84 Å². The fourth-order valence-electron chi connectivity index (χ4n) is 1.79. The van der Waals surface area contributed by atoms with Crippen molar-refractivity contribution in [2.75, 3.05) is 6.61 Å². The van der Waals surface area contributed by atoms with E-state index in [0.29, 0.717) is 22.2 Å². The smallest absolute Gasteiger partial charge is 0.119 e. The molecule has 2 aromatic carbocycles. The summed E-state index contributed by atoms with van der Waals surface area (Å²) in [4.78, 5) is 0. The minimum atomic E-state index is -0.731. The highest BCUT2D eigenvalue weighted by Crippen LogP contribution is 2.29. The molecule has 4 heteroatoms. The molecule has 0 aromatic heterocycles. The second-order valence-electron chi connectivity index (χ2n) is 4.08. The molecule has 100 valence electrons. The van der Waals surface area contributed by atoms with Crippen molar-refractivity contribution in [1.82, 2.24) is 0 Å². The van der Waals surface area contributed by atoms with E-state index in [1.54, 1.807) is 18.2 Å². The maximum absolute atomic E-state index is 10.3. The summed E-state index contributed by atoms with van der Waals surface area (Å²) in [5.41, 5.74) is 1.49. The van der Waals surface area contributed by atoms with Crippen molar-refractivity contribution in [3.05, 3.63) is 63.6 Å². The van der Waals surface area contributed by atoms with E-state index >= 15 is 0 Å². The van der Waals surface area contributed by atoms with Gasteiger partial charge in [0.05, 0.1) is 16.7 Å². The highest BCUT2D eigenvalue weighted by molar-refractivity contribution is 6.42. The molecule has 0 amide bonds. The van der Waals surface area contributed by atoms with Gasteiger partial charge in [0, 0.05) is 0 Å². The standard InChI is InChI=1S/C15H14Cl2O2/c1-2-19-12-6-3-10(4-7-12)15(18)11-5-8-13(16)14(17)9-11/h3-9,15,18H,2H2,1H3. The van der Waals surface area contributed by atoms with Gasteiger partial charge in [0.2, 0.25) is 0 Å². The van der Waals surface area contributed by atoms with Crippen LogP contribution in [0.4, 0.5) is 0 Å². The molecule has 0 spiro atoms. The highest BCUT2D eigenvalue weighted by Gasteiger charge is 2.12. The van der Waals surface area contributed by atoms with E-state index < -0.39 is 6.10 Å². The van der Waals surface area contributed by atoms with Gasteiger partial charge in [-0.3, -0.25) is 0 Å². The Morgan fingerprint density at radius 2 is 1.63 bits per heavy atom. The summed E-state index contributed by atoms with van der Waals surface area (Å²) in [6.45, 7) is 2.55. The van der Waals surface area contributed by atoms with Gasteiger partial charge in [-0.1, -0.05) is 41.4 Å². The Labute approximate surface area is 122 Å². The summed E-state index contributed by atoms with van der Waals surface area (Å²) in [5, 5.41) is 11.2. The van der Waals surface area contributed by atoms with Crippen molar-refractivity contribution in [2.45, 2.75) is 13.0 Å². The zero-order valence-electron chi connectivity index (χ0n) is 10.4. The van der Waals surface area contributed by atoms with Crippen LogP contribution in [-0.2, 0) is 0 Å². The lowest BCUT2D eigenvalue weighted by atomic mass is 10.0. The monoisotopic (exact) mass is 296 g/mol. The van der Waals surface area contributed by atoms with Gasteiger partial charge in [-0.15, -0.1) is 0 Å². The molecule has 1 unspecified atom stereocenters. The van der Waals surface area contributed by atoms with Gasteiger partial charge in [-0.05, 0) is 42.3 Å². The molecule has 0 aliphatic rings. The maximum Gasteiger partial charge on any atom is 0.119 e. The molecule has 1 atom stereocenters. The summed E-state index contributed by atoms with van der Waals surface area (Å²) >= 11 is 11.8. The van der Waals surface area contributed by atoms with Gasteiger partial charge in [0.25, 0.3) is 0 Å². The quantitative estimate of drug-likeness (QED) is 0.902. The molecule has 1 N–H and O–H groups in total. The zero-order chi connectivity index (χ0) is 13.8. The van der Waals surface area contributed by atoms with Crippen LogP contribution in [0, 0.1) is 0 Å². The fourth-order valence-corrected chi connectivity index (χ4v) is 2.09. The first-order valence-electron chi connectivity index (χ1n) is 5.97. The Kier molecular flexibility index (Phi) is 4.70. The third kappa shape index (κ3) is 3.41. The van der Waals surface area contributed by atoms with Gasteiger partial charge >= 0.3 is 0 Å². The second kappa shape index (κ2) is 6.29. The first-order valence-corrected chi connectivity index (χ1v) is 6.73. The third-order valence-corrected chi connectivity index (χ3v) is 3.51. The van der Waals surface area contributed by atoms with E-state index in [1.165, 1.54) is 0 Å². The Morgan fingerprint density at radius 1 is 1.00 bits per heavy atom. The van der Waals surface area contributed by atoms with E-state index in [2.05, 4.69) is 0 Å². The highest BCUT2D eigenvalue weighted by atomic mass is 35.5. The number of ether oxygens (including phenoxy) is 1. The predicted molar refractivity (Wildman–Crippen MR) is 78.1 cm³/mol. The number of aliphatic hydroxyl groups excluding tert-OH is 1. The number of aliphatic hydroxyl groups is 1. The van der Waals surface area contributed by atoms with Gasteiger partial charge in [-0.2, -0.15) is 0 Å². The molecule has 0 heterocycles. The minimum Gasteiger partial charge on any atom is -0.494 e. The lowest BCUT2D eigenvalue weighted by Crippen LogP contribution is -2.00. The molecule has 0 fully saturated rings. The Morgan fingerprint density at radius 3 is 2.21 bits per heavy atom. The molecule has 2 rings (SSSR count). The summed E-state index contributed by atoms with van der Waals surface area (Å²) in [6.07, 6.45) is -0.731. The van der Waals surface area contributed by atoms with Crippen LogP contribution in [0.25, 0.3) is 0 Å². The SMILES string of the molecule is CCOc1ccc(C(O)c2ccc(Cl)c(Cl)c2)cc1.